The molecule has 0 bridgehead atoms. The molecule has 4 atom stereocenters. The van der Waals surface area contributed by atoms with Gasteiger partial charge in [0.15, 0.2) is 18.5 Å². The SMILES string of the molecule is CCC(C)(C)OC(=O)c1ccc[n+]([C@@H]2O[C@H](CO)[C@@H](O)[C@H]2O)c1. The van der Waals surface area contributed by atoms with E-state index in [4.69, 9.17) is 14.6 Å². The Kier molecular flexibility index (Phi) is 5.36. The van der Waals surface area contributed by atoms with Crippen molar-refractivity contribution in [1.29, 1.82) is 0 Å². The Hall–Kier alpha value is -1.54. The molecule has 1 saturated heterocycles. The molecule has 0 aliphatic carbocycles. The van der Waals surface area contributed by atoms with Crippen molar-refractivity contribution >= 4 is 5.97 Å². The van der Waals surface area contributed by atoms with Crippen LogP contribution in [0.4, 0.5) is 0 Å². The van der Waals surface area contributed by atoms with Crippen molar-refractivity contribution in [3.8, 4) is 0 Å². The van der Waals surface area contributed by atoms with Crippen molar-refractivity contribution in [3.63, 3.8) is 0 Å². The van der Waals surface area contributed by atoms with Gasteiger partial charge in [0, 0.05) is 6.07 Å². The normalized spacial score (nSPS) is 27.9. The number of carbonyl (C=O) groups is 1. The lowest BCUT2D eigenvalue weighted by Gasteiger charge is -2.23. The summed E-state index contributed by atoms with van der Waals surface area (Å²) in [5.74, 6) is -0.474. The number of ether oxygens (including phenoxy) is 2. The summed E-state index contributed by atoms with van der Waals surface area (Å²) in [6.07, 6.45) is -0.342. The highest BCUT2D eigenvalue weighted by Gasteiger charge is 2.48. The summed E-state index contributed by atoms with van der Waals surface area (Å²) >= 11 is 0. The maximum atomic E-state index is 12.2. The fourth-order valence-electron chi connectivity index (χ4n) is 2.28. The number of esters is 1. The predicted molar refractivity (Wildman–Crippen MR) is 79.4 cm³/mol. The molecule has 0 radical (unpaired) electrons. The summed E-state index contributed by atoms with van der Waals surface area (Å²) in [5, 5.41) is 29.0. The highest BCUT2D eigenvalue weighted by atomic mass is 16.6. The van der Waals surface area contributed by atoms with E-state index in [1.165, 1.54) is 10.8 Å². The van der Waals surface area contributed by atoms with Crippen LogP contribution in [0, 0.1) is 0 Å². The van der Waals surface area contributed by atoms with Gasteiger partial charge in [-0.25, -0.2) is 4.79 Å². The molecule has 1 aliphatic rings. The van der Waals surface area contributed by atoms with Gasteiger partial charge in [0.1, 0.15) is 23.4 Å². The van der Waals surface area contributed by atoms with Crippen molar-refractivity contribution < 1.29 is 34.2 Å². The van der Waals surface area contributed by atoms with Crippen LogP contribution in [0.3, 0.4) is 0 Å². The van der Waals surface area contributed by atoms with E-state index < -0.39 is 42.7 Å². The molecule has 1 aromatic heterocycles. The van der Waals surface area contributed by atoms with E-state index in [0.29, 0.717) is 12.0 Å². The van der Waals surface area contributed by atoms with Gasteiger partial charge in [-0.05, 0) is 26.3 Å². The first-order valence-electron chi connectivity index (χ1n) is 7.65. The molecule has 3 N–H and O–H groups in total. The molecule has 2 rings (SSSR count). The average molecular weight is 326 g/mol. The lowest BCUT2D eigenvalue weighted by Crippen LogP contribution is -2.46. The summed E-state index contributed by atoms with van der Waals surface area (Å²) < 4.78 is 12.4. The van der Waals surface area contributed by atoms with E-state index in [1.807, 2.05) is 20.8 Å². The second kappa shape index (κ2) is 6.92. The molecule has 7 nitrogen and oxygen atoms in total. The molecule has 0 unspecified atom stereocenters. The first-order chi connectivity index (χ1) is 10.8. The number of aromatic nitrogens is 1. The van der Waals surface area contributed by atoms with Gasteiger partial charge in [-0.3, -0.25) is 0 Å². The number of pyridine rings is 1. The van der Waals surface area contributed by atoms with Crippen molar-refractivity contribution in [3.05, 3.63) is 30.1 Å². The van der Waals surface area contributed by atoms with Crippen LogP contribution in [0.2, 0.25) is 0 Å². The maximum absolute atomic E-state index is 12.2. The fraction of sp³-hybridized carbons (Fsp3) is 0.625. The third-order valence-electron chi connectivity index (χ3n) is 4.09. The summed E-state index contributed by atoms with van der Waals surface area (Å²) in [7, 11) is 0. The molecule has 1 aliphatic heterocycles. The third-order valence-corrected chi connectivity index (χ3v) is 4.09. The molecule has 0 aromatic carbocycles. The molecule has 0 amide bonds. The molecule has 0 saturated carbocycles. The summed E-state index contributed by atoms with van der Waals surface area (Å²) in [4.78, 5) is 12.2. The van der Waals surface area contributed by atoms with E-state index >= 15 is 0 Å². The largest absolute Gasteiger partial charge is 0.456 e. The van der Waals surface area contributed by atoms with E-state index in [1.54, 1.807) is 18.3 Å². The number of hydrogen-bond acceptors (Lipinski definition) is 6. The van der Waals surface area contributed by atoms with Crippen molar-refractivity contribution in [1.82, 2.24) is 0 Å². The molecule has 128 valence electrons. The zero-order valence-corrected chi connectivity index (χ0v) is 13.5. The van der Waals surface area contributed by atoms with Gasteiger partial charge in [-0.2, -0.15) is 4.57 Å². The van der Waals surface area contributed by atoms with Crippen molar-refractivity contribution in [2.24, 2.45) is 0 Å². The zero-order chi connectivity index (χ0) is 17.2. The zero-order valence-electron chi connectivity index (χ0n) is 13.5. The molecular formula is C16H24NO6+. The Morgan fingerprint density at radius 2 is 2.09 bits per heavy atom. The van der Waals surface area contributed by atoms with Crippen LogP contribution < -0.4 is 4.57 Å². The quantitative estimate of drug-likeness (QED) is 0.517. The average Bonchev–Trinajstić information content (AvgIpc) is 2.82. The van der Waals surface area contributed by atoms with Crippen molar-refractivity contribution in [2.45, 2.75) is 57.3 Å². The fourth-order valence-corrected chi connectivity index (χ4v) is 2.28. The lowest BCUT2D eigenvalue weighted by molar-refractivity contribution is -0.765. The number of nitrogens with zero attached hydrogens (tertiary/aromatic N) is 1. The van der Waals surface area contributed by atoms with Crippen LogP contribution in [-0.4, -0.2) is 51.8 Å². The van der Waals surface area contributed by atoms with Gasteiger partial charge in [0.2, 0.25) is 0 Å². The third kappa shape index (κ3) is 3.87. The van der Waals surface area contributed by atoms with Gasteiger partial charge in [0.25, 0.3) is 6.23 Å². The number of aliphatic hydroxyl groups excluding tert-OH is 3. The van der Waals surface area contributed by atoms with Gasteiger partial charge < -0.3 is 24.8 Å². The standard InChI is InChI=1S/C16H24NO6/c1-4-16(2,3)23-15(21)10-6-5-7-17(8-10)14-13(20)12(19)11(9-18)22-14/h5-8,11-14,18-20H,4,9H2,1-3H3/q+1/t11-,12-,13-,14-/m1/s1. The van der Waals surface area contributed by atoms with Crippen LogP contribution in [0.15, 0.2) is 24.5 Å². The maximum Gasteiger partial charge on any atom is 0.344 e. The van der Waals surface area contributed by atoms with Crippen LogP contribution in [0.25, 0.3) is 0 Å². The highest BCUT2D eigenvalue weighted by molar-refractivity contribution is 5.88. The highest BCUT2D eigenvalue weighted by Crippen LogP contribution is 2.25. The molecular weight excluding hydrogens is 302 g/mol. The Morgan fingerprint density at radius 3 is 2.65 bits per heavy atom. The topological polar surface area (TPSA) is 100 Å². The summed E-state index contributed by atoms with van der Waals surface area (Å²) in [6, 6.07) is 3.23. The van der Waals surface area contributed by atoms with E-state index in [0.717, 1.165) is 0 Å². The number of rotatable bonds is 5. The summed E-state index contributed by atoms with van der Waals surface area (Å²) in [6.45, 7) is 5.18. The Labute approximate surface area is 135 Å². The van der Waals surface area contributed by atoms with Crippen LogP contribution in [-0.2, 0) is 9.47 Å². The molecule has 1 aromatic rings. The van der Waals surface area contributed by atoms with Gasteiger partial charge >= 0.3 is 5.97 Å². The molecule has 1 fully saturated rings. The van der Waals surface area contributed by atoms with Gasteiger partial charge in [0.05, 0.1) is 6.61 Å². The molecule has 2 heterocycles. The van der Waals surface area contributed by atoms with Crippen LogP contribution in [0.5, 0.6) is 0 Å². The lowest BCUT2D eigenvalue weighted by atomic mass is 10.1. The number of aliphatic hydroxyl groups is 3. The predicted octanol–water partition coefficient (Wildman–Crippen LogP) is -0.0690. The second-order valence-electron chi connectivity index (χ2n) is 6.27. The minimum absolute atomic E-state index is 0.312. The molecule has 7 heteroatoms. The van der Waals surface area contributed by atoms with E-state index in [9.17, 15) is 15.0 Å². The number of carbonyl (C=O) groups excluding carboxylic acids is 1. The first-order valence-corrected chi connectivity index (χ1v) is 7.65. The molecule has 23 heavy (non-hydrogen) atoms. The minimum atomic E-state index is -1.20. The Bertz CT molecular complexity index is 561. The minimum Gasteiger partial charge on any atom is -0.456 e. The Balaban J connectivity index is 2.19. The Morgan fingerprint density at radius 1 is 1.39 bits per heavy atom. The smallest absolute Gasteiger partial charge is 0.344 e. The van der Waals surface area contributed by atoms with Crippen LogP contribution >= 0.6 is 0 Å². The second-order valence-corrected chi connectivity index (χ2v) is 6.27. The van der Waals surface area contributed by atoms with Gasteiger partial charge in [-0.15, -0.1) is 0 Å². The molecule has 0 spiro atoms. The summed E-state index contributed by atoms with van der Waals surface area (Å²) in [5.41, 5.74) is -0.258. The van der Waals surface area contributed by atoms with Crippen LogP contribution in [0.1, 0.15) is 43.8 Å². The number of hydrogen-bond donors (Lipinski definition) is 3. The van der Waals surface area contributed by atoms with Gasteiger partial charge in [-0.1, -0.05) is 6.92 Å². The first kappa shape index (κ1) is 17.8. The van der Waals surface area contributed by atoms with E-state index in [2.05, 4.69) is 0 Å². The monoisotopic (exact) mass is 326 g/mol. The van der Waals surface area contributed by atoms with Crippen molar-refractivity contribution in [2.75, 3.05) is 6.61 Å². The van der Waals surface area contributed by atoms with E-state index in [-0.39, 0.29) is 0 Å².